The number of ether oxygens (including phenoxy) is 2. The number of hydrogen-bond acceptors (Lipinski definition) is 8. The lowest BCUT2D eigenvalue weighted by molar-refractivity contribution is 0.0743. The maximum Gasteiger partial charge on any atom is 0.262 e. The summed E-state index contributed by atoms with van der Waals surface area (Å²) in [6.07, 6.45) is 0.865. The van der Waals surface area contributed by atoms with E-state index in [2.05, 4.69) is 10.1 Å². The van der Waals surface area contributed by atoms with Crippen molar-refractivity contribution in [2.45, 2.75) is 43.8 Å². The highest BCUT2D eigenvalue weighted by atomic mass is 32.2. The Morgan fingerprint density at radius 1 is 1.09 bits per heavy atom. The van der Waals surface area contributed by atoms with Crippen molar-refractivity contribution in [2.75, 3.05) is 13.7 Å². The number of thioether (sulfide) groups is 1. The Labute approximate surface area is 195 Å². The van der Waals surface area contributed by atoms with Crippen LogP contribution in [-0.4, -0.2) is 39.5 Å². The van der Waals surface area contributed by atoms with Crippen LogP contribution in [0.25, 0.3) is 22.3 Å². The van der Waals surface area contributed by atoms with Gasteiger partial charge in [0.1, 0.15) is 5.75 Å². The summed E-state index contributed by atoms with van der Waals surface area (Å²) in [6.45, 7) is 5.08. The molecular formula is C24H26N4O4S. The SMILES string of the molecule is COc1ccccc1-c1noc(CSc2nc3ccccc3c(=O)n2CCCOC(C)C)n1. The van der Waals surface area contributed by atoms with Crippen molar-refractivity contribution in [3.63, 3.8) is 0 Å². The third kappa shape index (κ3) is 5.43. The second-order valence-corrected chi connectivity index (χ2v) is 8.58. The van der Waals surface area contributed by atoms with E-state index in [1.165, 1.54) is 11.8 Å². The predicted molar refractivity (Wildman–Crippen MR) is 128 cm³/mol. The maximum atomic E-state index is 13.2. The average Bonchev–Trinajstić information content (AvgIpc) is 3.30. The largest absolute Gasteiger partial charge is 0.496 e. The lowest BCUT2D eigenvalue weighted by Crippen LogP contribution is -2.24. The zero-order valence-electron chi connectivity index (χ0n) is 18.9. The molecule has 172 valence electrons. The number of benzene rings is 2. The van der Waals surface area contributed by atoms with E-state index in [-0.39, 0.29) is 11.7 Å². The number of aromatic nitrogens is 4. The summed E-state index contributed by atoms with van der Waals surface area (Å²) in [6, 6.07) is 14.9. The Bertz CT molecular complexity index is 1280. The van der Waals surface area contributed by atoms with E-state index in [9.17, 15) is 4.79 Å². The molecule has 0 spiro atoms. The molecule has 0 aliphatic carbocycles. The van der Waals surface area contributed by atoms with E-state index >= 15 is 0 Å². The monoisotopic (exact) mass is 466 g/mol. The molecule has 4 aromatic rings. The van der Waals surface area contributed by atoms with E-state index in [0.717, 1.165) is 5.56 Å². The van der Waals surface area contributed by atoms with Crippen LogP contribution in [0.1, 0.15) is 26.2 Å². The molecule has 8 nitrogen and oxygen atoms in total. The Morgan fingerprint density at radius 2 is 1.88 bits per heavy atom. The van der Waals surface area contributed by atoms with Gasteiger partial charge in [0.15, 0.2) is 5.16 Å². The first-order chi connectivity index (χ1) is 16.1. The molecule has 0 amide bonds. The second-order valence-electron chi connectivity index (χ2n) is 7.64. The molecule has 0 saturated carbocycles. The normalized spacial score (nSPS) is 11.4. The molecule has 0 saturated heterocycles. The summed E-state index contributed by atoms with van der Waals surface area (Å²) < 4.78 is 18.2. The van der Waals surface area contributed by atoms with Gasteiger partial charge in [-0.3, -0.25) is 9.36 Å². The van der Waals surface area contributed by atoms with Gasteiger partial charge in [0.05, 0.1) is 35.4 Å². The van der Waals surface area contributed by atoms with Gasteiger partial charge in [0, 0.05) is 13.2 Å². The molecule has 0 unspecified atom stereocenters. The number of methoxy groups -OCH3 is 1. The topological polar surface area (TPSA) is 92.3 Å². The fraction of sp³-hybridized carbons (Fsp3) is 0.333. The minimum absolute atomic E-state index is 0.0621. The molecule has 0 aliphatic rings. The average molecular weight is 467 g/mol. The van der Waals surface area contributed by atoms with E-state index < -0.39 is 0 Å². The number of nitrogens with zero attached hydrogens (tertiary/aromatic N) is 4. The van der Waals surface area contributed by atoms with Crippen molar-refractivity contribution in [1.82, 2.24) is 19.7 Å². The number of rotatable bonds is 10. The zero-order chi connectivity index (χ0) is 23.2. The van der Waals surface area contributed by atoms with E-state index in [1.54, 1.807) is 17.7 Å². The van der Waals surface area contributed by atoms with Gasteiger partial charge in [0.2, 0.25) is 11.7 Å². The summed E-state index contributed by atoms with van der Waals surface area (Å²) in [4.78, 5) is 22.4. The highest BCUT2D eigenvalue weighted by Gasteiger charge is 2.16. The van der Waals surface area contributed by atoms with Gasteiger partial charge in [-0.05, 0) is 44.5 Å². The highest BCUT2D eigenvalue weighted by molar-refractivity contribution is 7.98. The second kappa shape index (κ2) is 10.6. The van der Waals surface area contributed by atoms with Crippen LogP contribution in [0.4, 0.5) is 0 Å². The standard InChI is InChI=1S/C24H26N4O4S/c1-16(2)31-14-8-13-28-23(29)17-9-4-6-11-19(17)25-24(28)33-15-21-26-22(27-32-21)18-10-5-7-12-20(18)30-3/h4-7,9-12,16H,8,13-15H2,1-3H3. The van der Waals surface area contributed by atoms with Gasteiger partial charge < -0.3 is 14.0 Å². The zero-order valence-corrected chi connectivity index (χ0v) is 19.7. The fourth-order valence-electron chi connectivity index (χ4n) is 3.38. The molecule has 9 heteroatoms. The van der Waals surface area contributed by atoms with E-state index in [0.29, 0.717) is 58.8 Å². The van der Waals surface area contributed by atoms with Crippen LogP contribution < -0.4 is 10.3 Å². The Morgan fingerprint density at radius 3 is 2.70 bits per heavy atom. The summed E-state index contributed by atoms with van der Waals surface area (Å²) >= 11 is 1.40. The van der Waals surface area contributed by atoms with Crippen molar-refractivity contribution in [2.24, 2.45) is 0 Å². The molecule has 0 fully saturated rings. The van der Waals surface area contributed by atoms with Gasteiger partial charge in [-0.1, -0.05) is 41.2 Å². The lowest BCUT2D eigenvalue weighted by atomic mass is 10.2. The minimum atomic E-state index is -0.0621. The first-order valence-electron chi connectivity index (χ1n) is 10.8. The fourth-order valence-corrected chi connectivity index (χ4v) is 4.24. The van der Waals surface area contributed by atoms with Crippen LogP contribution in [0.15, 0.2) is 63.0 Å². The first kappa shape index (κ1) is 23.0. The van der Waals surface area contributed by atoms with Gasteiger partial charge in [0.25, 0.3) is 5.56 Å². The Balaban J connectivity index is 1.56. The van der Waals surface area contributed by atoms with Crippen LogP contribution in [-0.2, 0) is 17.0 Å². The number of para-hydroxylation sites is 2. The maximum absolute atomic E-state index is 13.2. The number of hydrogen-bond donors (Lipinski definition) is 0. The molecule has 0 radical (unpaired) electrons. The predicted octanol–water partition coefficient (Wildman–Crippen LogP) is 4.56. The molecule has 2 heterocycles. The van der Waals surface area contributed by atoms with Crippen molar-refractivity contribution in [1.29, 1.82) is 0 Å². The molecule has 0 aliphatic heterocycles. The van der Waals surface area contributed by atoms with Crippen molar-refractivity contribution in [3.8, 4) is 17.1 Å². The quantitative estimate of drug-likeness (QED) is 0.191. The van der Waals surface area contributed by atoms with Crippen molar-refractivity contribution < 1.29 is 14.0 Å². The van der Waals surface area contributed by atoms with Crippen LogP contribution >= 0.6 is 11.8 Å². The van der Waals surface area contributed by atoms with Crippen molar-refractivity contribution in [3.05, 3.63) is 64.8 Å². The minimum Gasteiger partial charge on any atom is -0.496 e. The number of fused-ring (bicyclic) bond motifs is 1. The Hall–Kier alpha value is -3.17. The summed E-state index contributed by atoms with van der Waals surface area (Å²) in [7, 11) is 1.60. The Kier molecular flexibility index (Phi) is 7.41. The van der Waals surface area contributed by atoms with Crippen molar-refractivity contribution >= 4 is 22.7 Å². The molecule has 0 N–H and O–H groups in total. The van der Waals surface area contributed by atoms with E-state index in [4.69, 9.17) is 19.0 Å². The van der Waals surface area contributed by atoms with Gasteiger partial charge in [-0.25, -0.2) is 4.98 Å². The third-order valence-electron chi connectivity index (χ3n) is 4.94. The van der Waals surface area contributed by atoms with Gasteiger partial charge in [-0.15, -0.1) is 0 Å². The molecular weight excluding hydrogens is 440 g/mol. The highest BCUT2D eigenvalue weighted by Crippen LogP contribution is 2.28. The third-order valence-corrected chi connectivity index (χ3v) is 5.91. The van der Waals surface area contributed by atoms with Gasteiger partial charge in [-0.2, -0.15) is 4.98 Å². The molecule has 33 heavy (non-hydrogen) atoms. The van der Waals surface area contributed by atoms with Crippen LogP contribution in [0.3, 0.4) is 0 Å². The van der Waals surface area contributed by atoms with E-state index in [1.807, 2.05) is 56.3 Å². The lowest BCUT2D eigenvalue weighted by Gasteiger charge is -2.13. The molecule has 0 atom stereocenters. The van der Waals surface area contributed by atoms with Crippen LogP contribution in [0, 0.1) is 0 Å². The molecule has 2 aromatic heterocycles. The molecule has 4 rings (SSSR count). The summed E-state index contributed by atoms with van der Waals surface area (Å²) in [5, 5.41) is 5.30. The smallest absolute Gasteiger partial charge is 0.262 e. The first-order valence-corrected chi connectivity index (χ1v) is 11.8. The van der Waals surface area contributed by atoms with Gasteiger partial charge >= 0.3 is 0 Å². The summed E-state index contributed by atoms with van der Waals surface area (Å²) in [5.74, 6) is 1.96. The van der Waals surface area contributed by atoms with Crippen LogP contribution in [0.5, 0.6) is 5.75 Å². The van der Waals surface area contributed by atoms with Crippen LogP contribution in [0.2, 0.25) is 0 Å². The summed E-state index contributed by atoms with van der Waals surface area (Å²) in [5.41, 5.74) is 1.36. The molecule has 2 aromatic carbocycles. The molecule has 0 bridgehead atoms.